The lowest BCUT2D eigenvalue weighted by molar-refractivity contribution is 0.669. The van der Waals surface area contributed by atoms with Crippen LogP contribution in [-0.4, -0.2) is 0 Å². The van der Waals surface area contributed by atoms with Crippen LogP contribution in [0.1, 0.15) is 22.3 Å². The number of furan rings is 1. The van der Waals surface area contributed by atoms with Gasteiger partial charge in [-0.15, -0.1) is 0 Å². The maximum absolute atomic E-state index is 6.48. The van der Waals surface area contributed by atoms with E-state index in [-0.39, 0.29) is 0 Å². The van der Waals surface area contributed by atoms with E-state index >= 15 is 0 Å². The molecule has 0 amide bonds. The Morgan fingerprint density at radius 3 is 1.49 bits per heavy atom. The fourth-order valence-electron chi connectivity index (χ4n) is 9.81. The lowest BCUT2D eigenvalue weighted by atomic mass is 9.70. The maximum Gasteiger partial charge on any atom is 0.137 e. The second-order valence-electron chi connectivity index (χ2n) is 15.2. The van der Waals surface area contributed by atoms with Gasteiger partial charge in [0.25, 0.3) is 0 Å². The molecule has 0 radical (unpaired) electrons. The van der Waals surface area contributed by atoms with Crippen LogP contribution < -0.4 is 4.90 Å². The zero-order valence-corrected chi connectivity index (χ0v) is 31.1. The van der Waals surface area contributed by atoms with Crippen LogP contribution in [0.5, 0.6) is 0 Å². The quantitative estimate of drug-likeness (QED) is 0.176. The Morgan fingerprint density at radius 1 is 0.298 bits per heavy atom. The van der Waals surface area contributed by atoms with Gasteiger partial charge in [-0.05, 0) is 115 Å². The fourth-order valence-corrected chi connectivity index (χ4v) is 9.81. The molecule has 57 heavy (non-hydrogen) atoms. The Hall–Kier alpha value is -7.42. The first-order chi connectivity index (χ1) is 28.3. The molecule has 0 aliphatic heterocycles. The Morgan fingerprint density at radius 2 is 0.772 bits per heavy atom. The van der Waals surface area contributed by atoms with Crippen molar-refractivity contribution in [1.29, 1.82) is 0 Å². The van der Waals surface area contributed by atoms with Crippen LogP contribution in [0.3, 0.4) is 0 Å². The van der Waals surface area contributed by atoms with Crippen molar-refractivity contribution in [2.24, 2.45) is 0 Å². The van der Waals surface area contributed by atoms with Crippen molar-refractivity contribution in [2.75, 3.05) is 4.90 Å². The molecule has 0 saturated heterocycles. The minimum absolute atomic E-state index is 0.496. The van der Waals surface area contributed by atoms with E-state index in [1.54, 1.807) is 0 Å². The molecule has 1 aromatic heterocycles. The average molecular weight is 726 g/mol. The van der Waals surface area contributed by atoms with Crippen LogP contribution in [0.2, 0.25) is 0 Å². The number of nitrogens with zero attached hydrogens (tertiary/aromatic N) is 1. The van der Waals surface area contributed by atoms with Gasteiger partial charge in [0.15, 0.2) is 0 Å². The molecule has 0 saturated carbocycles. The highest BCUT2D eigenvalue weighted by Crippen LogP contribution is 2.63. The molecule has 2 aliphatic rings. The number of fused-ring (bicyclic) bond motifs is 13. The molecule has 266 valence electrons. The van der Waals surface area contributed by atoms with Gasteiger partial charge in [0.2, 0.25) is 0 Å². The van der Waals surface area contributed by atoms with Crippen molar-refractivity contribution >= 4 is 39.0 Å². The summed E-state index contributed by atoms with van der Waals surface area (Å²) in [7, 11) is 0. The lowest BCUT2D eigenvalue weighted by Crippen LogP contribution is -2.26. The first-order valence-corrected chi connectivity index (χ1v) is 19.7. The van der Waals surface area contributed by atoms with Crippen molar-refractivity contribution in [1.82, 2.24) is 0 Å². The van der Waals surface area contributed by atoms with Crippen LogP contribution in [0, 0.1) is 0 Å². The normalized spacial score (nSPS) is 14.7. The van der Waals surface area contributed by atoms with E-state index < -0.39 is 5.41 Å². The molecule has 2 aliphatic carbocycles. The van der Waals surface area contributed by atoms with Crippen molar-refractivity contribution in [3.8, 4) is 44.5 Å². The predicted octanol–water partition coefficient (Wildman–Crippen LogP) is 14.7. The Bertz CT molecular complexity index is 3160. The van der Waals surface area contributed by atoms with Gasteiger partial charge in [-0.2, -0.15) is 0 Å². The first kappa shape index (κ1) is 31.9. The molecule has 2 heteroatoms. The Labute approximate surface area is 331 Å². The van der Waals surface area contributed by atoms with E-state index in [2.05, 4.69) is 205 Å². The van der Waals surface area contributed by atoms with Gasteiger partial charge in [-0.3, -0.25) is 0 Å². The summed E-state index contributed by atoms with van der Waals surface area (Å²) in [4.78, 5) is 2.39. The highest BCUT2D eigenvalue weighted by Gasteiger charge is 2.52. The molecule has 0 fully saturated rings. The molecule has 1 heterocycles. The van der Waals surface area contributed by atoms with Gasteiger partial charge >= 0.3 is 0 Å². The van der Waals surface area contributed by atoms with Gasteiger partial charge in [0.1, 0.15) is 11.2 Å². The number of hydrogen-bond donors (Lipinski definition) is 0. The summed E-state index contributed by atoms with van der Waals surface area (Å²) in [5, 5.41) is 2.24. The summed E-state index contributed by atoms with van der Waals surface area (Å²) in [6.45, 7) is 0. The summed E-state index contributed by atoms with van der Waals surface area (Å²) in [6.07, 6.45) is 0. The van der Waals surface area contributed by atoms with Gasteiger partial charge in [0, 0.05) is 33.9 Å². The predicted molar refractivity (Wildman–Crippen MR) is 236 cm³/mol. The van der Waals surface area contributed by atoms with E-state index in [1.165, 1.54) is 66.8 Å². The van der Waals surface area contributed by atoms with E-state index in [4.69, 9.17) is 4.42 Å². The summed E-state index contributed by atoms with van der Waals surface area (Å²) >= 11 is 0. The SMILES string of the molecule is c1ccc(-c2ccc(N(c3ccc4c(c3)C3(c5ccccc5-c5ccc(-c6ccccc6)cc53)c3ccccc3-4)c3ccc4c(c3)oc3ccccc34)cc2)cc1. The van der Waals surface area contributed by atoms with Crippen molar-refractivity contribution in [3.63, 3.8) is 0 Å². The third kappa shape index (κ3) is 4.65. The van der Waals surface area contributed by atoms with Crippen LogP contribution >= 0.6 is 0 Å². The first-order valence-electron chi connectivity index (χ1n) is 19.7. The number of hydrogen-bond acceptors (Lipinski definition) is 2. The van der Waals surface area contributed by atoms with Crippen molar-refractivity contribution < 1.29 is 4.42 Å². The number of rotatable bonds is 5. The zero-order valence-electron chi connectivity index (χ0n) is 31.1. The maximum atomic E-state index is 6.48. The topological polar surface area (TPSA) is 16.4 Å². The monoisotopic (exact) mass is 725 g/mol. The van der Waals surface area contributed by atoms with Crippen LogP contribution in [0.4, 0.5) is 17.1 Å². The lowest BCUT2D eigenvalue weighted by Gasteiger charge is -2.32. The summed E-state index contributed by atoms with van der Waals surface area (Å²) in [5.74, 6) is 0. The molecule has 1 atom stereocenters. The molecule has 0 bridgehead atoms. The highest BCUT2D eigenvalue weighted by atomic mass is 16.3. The molecule has 10 aromatic rings. The third-order valence-corrected chi connectivity index (χ3v) is 12.3. The van der Waals surface area contributed by atoms with Gasteiger partial charge in [-0.25, -0.2) is 0 Å². The Kier molecular flexibility index (Phi) is 6.88. The molecule has 1 unspecified atom stereocenters. The fraction of sp³-hybridized carbons (Fsp3) is 0.0182. The smallest absolute Gasteiger partial charge is 0.137 e. The Balaban J connectivity index is 1.11. The minimum atomic E-state index is -0.496. The van der Waals surface area contributed by atoms with Crippen LogP contribution in [0.15, 0.2) is 217 Å². The third-order valence-electron chi connectivity index (χ3n) is 12.3. The zero-order chi connectivity index (χ0) is 37.5. The average Bonchev–Trinajstić information content (AvgIpc) is 3.91. The van der Waals surface area contributed by atoms with Crippen molar-refractivity contribution in [3.05, 3.63) is 235 Å². The molecule has 9 aromatic carbocycles. The van der Waals surface area contributed by atoms with Gasteiger partial charge < -0.3 is 9.32 Å². The van der Waals surface area contributed by atoms with E-state index in [0.717, 1.165) is 39.0 Å². The standard InChI is InChI=1S/C55H35NO/c1-3-13-36(14-4-1)38-23-26-40(27-24-38)56(42-29-32-48-47-19-9-12-22-53(47)57-54(48)35-42)41-28-31-46-44-18-8-11-21-50(44)55(52(46)34-41)49-20-10-7-17-43(49)45-30-25-39(33-51(45)55)37-15-5-2-6-16-37/h1-35H. The summed E-state index contributed by atoms with van der Waals surface area (Å²) in [5.41, 5.74) is 19.7. The molecule has 2 nitrogen and oxygen atoms in total. The van der Waals surface area contributed by atoms with Crippen LogP contribution in [0.25, 0.3) is 66.4 Å². The number of anilines is 3. The molecular weight excluding hydrogens is 691 g/mol. The molecular formula is C55H35NO. The van der Waals surface area contributed by atoms with Crippen molar-refractivity contribution in [2.45, 2.75) is 5.41 Å². The minimum Gasteiger partial charge on any atom is -0.456 e. The molecule has 0 N–H and O–H groups in total. The summed E-state index contributed by atoms with van der Waals surface area (Å²) < 4.78 is 6.48. The van der Waals surface area contributed by atoms with Gasteiger partial charge in [-0.1, -0.05) is 158 Å². The second kappa shape index (κ2) is 12.3. The second-order valence-corrected chi connectivity index (χ2v) is 15.2. The van der Waals surface area contributed by atoms with Gasteiger partial charge in [0.05, 0.1) is 5.41 Å². The number of benzene rings is 9. The van der Waals surface area contributed by atoms with E-state index in [9.17, 15) is 0 Å². The summed E-state index contributed by atoms with van der Waals surface area (Å²) in [6, 6.07) is 77.6. The number of para-hydroxylation sites is 1. The molecule has 12 rings (SSSR count). The highest BCUT2D eigenvalue weighted by molar-refractivity contribution is 6.06. The largest absolute Gasteiger partial charge is 0.456 e. The molecule has 1 spiro atoms. The van der Waals surface area contributed by atoms with E-state index in [0.29, 0.717) is 0 Å². The van der Waals surface area contributed by atoms with Crippen LogP contribution in [-0.2, 0) is 5.41 Å². The van der Waals surface area contributed by atoms with E-state index in [1.807, 2.05) is 12.1 Å².